The Hall–Kier alpha value is -1.17. The first-order chi connectivity index (χ1) is 8.06. The van der Waals surface area contributed by atoms with Crippen molar-refractivity contribution >= 4 is 51.0 Å². The molecule has 0 atom stereocenters. The highest BCUT2D eigenvalue weighted by molar-refractivity contribution is 7.80. The molecule has 0 saturated heterocycles. The molecule has 0 amide bonds. The Kier molecular flexibility index (Phi) is 3.61. The average molecular weight is 284 g/mol. The molecule has 0 spiro atoms. The Morgan fingerprint density at radius 3 is 2.88 bits per heavy atom. The van der Waals surface area contributed by atoms with Crippen molar-refractivity contribution in [2.45, 2.75) is 6.92 Å². The Morgan fingerprint density at radius 2 is 2.29 bits per heavy atom. The van der Waals surface area contributed by atoms with E-state index in [0.29, 0.717) is 10.0 Å². The van der Waals surface area contributed by atoms with Gasteiger partial charge in [-0.25, -0.2) is 4.98 Å². The lowest BCUT2D eigenvalue weighted by Crippen LogP contribution is -2.11. The first kappa shape index (κ1) is 12.3. The van der Waals surface area contributed by atoms with E-state index in [-0.39, 0.29) is 0 Å². The van der Waals surface area contributed by atoms with E-state index in [1.807, 2.05) is 18.4 Å². The van der Waals surface area contributed by atoms with E-state index in [9.17, 15) is 0 Å². The molecule has 0 saturated carbocycles. The topological polar surface area (TPSA) is 50.9 Å². The van der Waals surface area contributed by atoms with Crippen LogP contribution in [0.2, 0.25) is 5.02 Å². The van der Waals surface area contributed by atoms with Crippen molar-refractivity contribution in [1.82, 2.24) is 4.98 Å². The van der Waals surface area contributed by atoms with E-state index in [1.54, 1.807) is 12.1 Å². The number of nitrogens with two attached hydrogens (primary N) is 1. The fourth-order valence-corrected chi connectivity index (χ4v) is 2.40. The predicted octanol–water partition coefficient (Wildman–Crippen LogP) is 3.48. The number of halogens is 1. The maximum absolute atomic E-state index is 5.91. The zero-order chi connectivity index (χ0) is 12.4. The molecular weight excluding hydrogens is 274 g/mol. The SMILES string of the molecule is Cc1csc(Nc2ccc(Cl)cc2C(N)=S)n1. The van der Waals surface area contributed by atoms with E-state index in [4.69, 9.17) is 29.6 Å². The number of thiocarbonyl (C=S) groups is 1. The molecule has 0 bridgehead atoms. The van der Waals surface area contributed by atoms with Gasteiger partial charge in [0.25, 0.3) is 0 Å². The van der Waals surface area contributed by atoms with Crippen molar-refractivity contribution in [2.24, 2.45) is 5.73 Å². The van der Waals surface area contributed by atoms with Crippen molar-refractivity contribution in [3.8, 4) is 0 Å². The van der Waals surface area contributed by atoms with Crippen LogP contribution >= 0.6 is 35.2 Å². The van der Waals surface area contributed by atoms with E-state index in [0.717, 1.165) is 22.1 Å². The number of hydrogen-bond donors (Lipinski definition) is 2. The molecule has 17 heavy (non-hydrogen) atoms. The van der Waals surface area contributed by atoms with E-state index >= 15 is 0 Å². The van der Waals surface area contributed by atoms with Crippen LogP contribution in [0.1, 0.15) is 11.3 Å². The molecule has 0 unspecified atom stereocenters. The predicted molar refractivity (Wildman–Crippen MR) is 77.5 cm³/mol. The molecule has 0 aliphatic rings. The molecule has 1 heterocycles. The number of aryl methyl sites for hydroxylation is 1. The molecule has 2 aromatic rings. The molecule has 1 aromatic heterocycles. The highest BCUT2D eigenvalue weighted by atomic mass is 35.5. The number of aromatic nitrogens is 1. The third-order valence-corrected chi connectivity index (χ3v) is 3.44. The zero-order valence-corrected chi connectivity index (χ0v) is 11.4. The molecule has 0 radical (unpaired) electrons. The van der Waals surface area contributed by atoms with E-state index < -0.39 is 0 Å². The fourth-order valence-electron chi connectivity index (χ4n) is 1.36. The minimum absolute atomic E-state index is 0.309. The van der Waals surface area contributed by atoms with E-state index in [1.165, 1.54) is 11.3 Å². The van der Waals surface area contributed by atoms with Crippen molar-refractivity contribution in [1.29, 1.82) is 0 Å². The summed E-state index contributed by atoms with van der Waals surface area (Å²) in [4.78, 5) is 4.63. The minimum atomic E-state index is 0.309. The van der Waals surface area contributed by atoms with Crippen LogP contribution in [0.25, 0.3) is 0 Å². The standard InChI is InChI=1S/C11H10ClN3S2/c1-6-5-17-11(14-6)15-9-3-2-7(12)4-8(9)10(13)16/h2-5H,1H3,(H2,13,16)(H,14,15). The Bertz CT molecular complexity index is 566. The van der Waals surface area contributed by atoms with Crippen LogP contribution < -0.4 is 11.1 Å². The summed E-state index contributed by atoms with van der Waals surface area (Å²) in [6, 6.07) is 5.37. The van der Waals surface area contributed by atoms with Gasteiger partial charge in [-0.2, -0.15) is 0 Å². The van der Waals surface area contributed by atoms with Crippen molar-refractivity contribution < 1.29 is 0 Å². The van der Waals surface area contributed by atoms with Gasteiger partial charge in [0.05, 0.1) is 11.4 Å². The summed E-state index contributed by atoms with van der Waals surface area (Å²) in [5.74, 6) is 0. The normalized spacial score (nSPS) is 10.2. The summed E-state index contributed by atoms with van der Waals surface area (Å²) < 4.78 is 0. The third kappa shape index (κ3) is 2.94. The van der Waals surface area contributed by atoms with Crippen LogP contribution in [-0.2, 0) is 0 Å². The minimum Gasteiger partial charge on any atom is -0.389 e. The van der Waals surface area contributed by atoms with Crippen molar-refractivity contribution in [3.63, 3.8) is 0 Å². The summed E-state index contributed by atoms with van der Waals surface area (Å²) >= 11 is 12.4. The maximum atomic E-state index is 5.91. The molecule has 0 aliphatic carbocycles. The second kappa shape index (κ2) is 5.00. The summed E-state index contributed by atoms with van der Waals surface area (Å²) in [5.41, 5.74) is 8.17. The van der Waals surface area contributed by atoms with Crippen LogP contribution in [-0.4, -0.2) is 9.97 Å². The quantitative estimate of drug-likeness (QED) is 0.847. The van der Waals surface area contributed by atoms with Gasteiger partial charge in [0.2, 0.25) is 0 Å². The maximum Gasteiger partial charge on any atom is 0.187 e. The van der Waals surface area contributed by atoms with Gasteiger partial charge in [-0.05, 0) is 25.1 Å². The molecule has 3 nitrogen and oxygen atoms in total. The number of nitrogens with one attached hydrogen (secondary N) is 1. The zero-order valence-electron chi connectivity index (χ0n) is 9.03. The van der Waals surface area contributed by atoms with Crippen LogP contribution in [0.5, 0.6) is 0 Å². The third-order valence-electron chi connectivity index (χ3n) is 2.11. The van der Waals surface area contributed by atoms with Crippen LogP contribution in [0.4, 0.5) is 10.8 Å². The number of rotatable bonds is 3. The number of benzene rings is 1. The number of thiazole rings is 1. The first-order valence-electron chi connectivity index (χ1n) is 4.85. The average Bonchev–Trinajstić information content (AvgIpc) is 2.66. The van der Waals surface area contributed by atoms with Gasteiger partial charge in [-0.3, -0.25) is 0 Å². The van der Waals surface area contributed by atoms with Gasteiger partial charge in [-0.15, -0.1) is 11.3 Å². The van der Waals surface area contributed by atoms with Crippen molar-refractivity contribution in [3.05, 3.63) is 39.9 Å². The summed E-state index contributed by atoms with van der Waals surface area (Å²) in [6.45, 7) is 1.94. The summed E-state index contributed by atoms with van der Waals surface area (Å²) in [7, 11) is 0. The molecule has 0 aliphatic heterocycles. The summed E-state index contributed by atoms with van der Waals surface area (Å²) in [6.07, 6.45) is 0. The monoisotopic (exact) mass is 283 g/mol. The first-order valence-corrected chi connectivity index (χ1v) is 6.51. The lowest BCUT2D eigenvalue weighted by atomic mass is 10.2. The van der Waals surface area contributed by atoms with Crippen LogP contribution in [0.15, 0.2) is 23.6 Å². The van der Waals surface area contributed by atoms with Crippen LogP contribution in [0, 0.1) is 6.92 Å². The largest absolute Gasteiger partial charge is 0.389 e. The van der Waals surface area contributed by atoms with Crippen molar-refractivity contribution in [2.75, 3.05) is 5.32 Å². The van der Waals surface area contributed by atoms with Gasteiger partial charge < -0.3 is 11.1 Å². The molecule has 88 valence electrons. The van der Waals surface area contributed by atoms with Gasteiger partial charge in [0.15, 0.2) is 5.13 Å². The van der Waals surface area contributed by atoms with Gasteiger partial charge in [0.1, 0.15) is 4.99 Å². The summed E-state index contributed by atoms with van der Waals surface area (Å²) in [5, 5.41) is 6.57. The smallest absolute Gasteiger partial charge is 0.187 e. The number of nitrogens with zero attached hydrogens (tertiary/aromatic N) is 1. The molecule has 3 N–H and O–H groups in total. The second-order valence-corrected chi connectivity index (χ2v) is 5.21. The molecule has 0 fully saturated rings. The lowest BCUT2D eigenvalue weighted by Gasteiger charge is -2.09. The Morgan fingerprint density at radius 1 is 1.53 bits per heavy atom. The molecular formula is C11H10ClN3S2. The highest BCUT2D eigenvalue weighted by Gasteiger charge is 2.08. The number of anilines is 2. The fraction of sp³-hybridized carbons (Fsp3) is 0.0909. The lowest BCUT2D eigenvalue weighted by molar-refractivity contribution is 1.26. The number of hydrogen-bond acceptors (Lipinski definition) is 4. The Labute approximate surface area is 114 Å². The van der Waals surface area contributed by atoms with Gasteiger partial charge in [0, 0.05) is 16.0 Å². The van der Waals surface area contributed by atoms with Gasteiger partial charge in [-0.1, -0.05) is 23.8 Å². The second-order valence-electron chi connectivity index (χ2n) is 3.47. The molecule has 1 aromatic carbocycles. The van der Waals surface area contributed by atoms with Crippen LogP contribution in [0.3, 0.4) is 0 Å². The highest BCUT2D eigenvalue weighted by Crippen LogP contribution is 2.26. The Balaban J connectivity index is 2.35. The molecule has 2 rings (SSSR count). The molecule has 6 heteroatoms. The van der Waals surface area contributed by atoms with Gasteiger partial charge >= 0.3 is 0 Å². The van der Waals surface area contributed by atoms with E-state index in [2.05, 4.69) is 10.3 Å².